The monoisotopic (exact) mass is 377 g/mol. The number of rotatable bonds is 3. The molecule has 1 aliphatic carbocycles. The molecule has 0 saturated heterocycles. The molecule has 0 spiro atoms. The molecule has 0 unspecified atom stereocenters. The maximum absolute atomic E-state index is 12.7. The van der Waals surface area contributed by atoms with Crippen LogP contribution in [0, 0.1) is 0 Å². The molecule has 1 aromatic heterocycles. The van der Waals surface area contributed by atoms with Crippen molar-refractivity contribution in [2.24, 2.45) is 0 Å². The van der Waals surface area contributed by atoms with E-state index in [-0.39, 0.29) is 10.8 Å². The van der Waals surface area contributed by atoms with Gasteiger partial charge in [0, 0.05) is 17.0 Å². The molecular weight excluding hydrogens is 358 g/mol. The molecule has 2 aliphatic rings. The van der Waals surface area contributed by atoms with Crippen molar-refractivity contribution >= 4 is 38.1 Å². The zero-order valence-corrected chi connectivity index (χ0v) is 15.3. The predicted octanol–water partition coefficient (Wildman–Crippen LogP) is 3.10. The highest BCUT2D eigenvalue weighted by atomic mass is 32.2. The average Bonchev–Trinajstić information content (AvgIpc) is 2.81. The fourth-order valence-corrected chi connectivity index (χ4v) is 5.61. The molecule has 1 amide bonds. The van der Waals surface area contributed by atoms with Gasteiger partial charge in [-0.2, -0.15) is 0 Å². The van der Waals surface area contributed by atoms with Crippen molar-refractivity contribution in [3.8, 4) is 0 Å². The zero-order valence-electron chi connectivity index (χ0n) is 13.7. The summed E-state index contributed by atoms with van der Waals surface area (Å²) in [5.41, 5.74) is 2.57. The number of carbonyl (C=O) groups excluding carboxylic acids is 1. The van der Waals surface area contributed by atoms with Crippen molar-refractivity contribution in [3.05, 3.63) is 34.3 Å². The minimum atomic E-state index is -3.68. The van der Waals surface area contributed by atoms with Crippen LogP contribution < -0.4 is 10.0 Å². The Labute approximate surface area is 150 Å². The Hall–Kier alpha value is -1.93. The van der Waals surface area contributed by atoms with Crippen LogP contribution in [-0.2, 0) is 34.1 Å². The lowest BCUT2D eigenvalue weighted by Crippen LogP contribution is -2.20. The van der Waals surface area contributed by atoms with E-state index in [2.05, 4.69) is 15.0 Å². The van der Waals surface area contributed by atoms with Crippen LogP contribution in [0.3, 0.4) is 0 Å². The number of amides is 1. The van der Waals surface area contributed by atoms with Crippen LogP contribution in [0.5, 0.6) is 0 Å². The van der Waals surface area contributed by atoms with Gasteiger partial charge >= 0.3 is 0 Å². The second-order valence-corrected chi connectivity index (χ2v) is 9.19. The number of anilines is 2. The van der Waals surface area contributed by atoms with Crippen molar-refractivity contribution in [2.45, 2.75) is 49.8 Å². The van der Waals surface area contributed by atoms with Gasteiger partial charge in [-0.15, -0.1) is 11.3 Å². The van der Waals surface area contributed by atoms with E-state index in [4.69, 9.17) is 0 Å². The topological polar surface area (TPSA) is 88.2 Å². The highest BCUT2D eigenvalue weighted by Crippen LogP contribution is 2.31. The molecule has 2 heterocycles. The molecule has 4 rings (SSSR count). The molecule has 0 radical (unpaired) electrons. The second-order valence-electron chi connectivity index (χ2n) is 6.42. The van der Waals surface area contributed by atoms with Gasteiger partial charge < -0.3 is 5.32 Å². The molecule has 25 heavy (non-hydrogen) atoms. The number of hydrogen-bond acceptors (Lipinski definition) is 5. The van der Waals surface area contributed by atoms with E-state index in [0.29, 0.717) is 23.7 Å². The van der Waals surface area contributed by atoms with Crippen LogP contribution in [0.15, 0.2) is 23.1 Å². The lowest BCUT2D eigenvalue weighted by atomic mass is 10.0. The van der Waals surface area contributed by atoms with Gasteiger partial charge in [0.05, 0.1) is 10.6 Å². The van der Waals surface area contributed by atoms with E-state index >= 15 is 0 Å². The number of aryl methyl sites for hydroxylation is 3. The molecule has 2 N–H and O–H groups in total. The Morgan fingerprint density at radius 3 is 2.80 bits per heavy atom. The number of thiazole rings is 1. The van der Waals surface area contributed by atoms with Crippen molar-refractivity contribution in [1.29, 1.82) is 0 Å². The number of nitrogens with zero attached hydrogens (tertiary/aromatic N) is 1. The van der Waals surface area contributed by atoms with Crippen LogP contribution in [0.4, 0.5) is 10.8 Å². The summed E-state index contributed by atoms with van der Waals surface area (Å²) >= 11 is 1.44. The summed E-state index contributed by atoms with van der Waals surface area (Å²) in [5, 5.41) is 3.21. The lowest BCUT2D eigenvalue weighted by molar-refractivity contribution is -0.116. The summed E-state index contributed by atoms with van der Waals surface area (Å²) < 4.78 is 28.0. The first-order valence-corrected chi connectivity index (χ1v) is 10.8. The third-order valence-electron chi connectivity index (χ3n) is 4.60. The van der Waals surface area contributed by atoms with Gasteiger partial charge in [-0.3, -0.25) is 9.52 Å². The Kier molecular flexibility index (Phi) is 4.24. The molecule has 6 nitrogen and oxygen atoms in total. The van der Waals surface area contributed by atoms with Crippen molar-refractivity contribution in [2.75, 3.05) is 10.0 Å². The minimum Gasteiger partial charge on any atom is -0.326 e. The lowest BCUT2D eigenvalue weighted by Gasteiger charge is -2.17. The summed E-state index contributed by atoms with van der Waals surface area (Å²) in [6, 6.07) is 4.80. The smallest absolute Gasteiger partial charge is 0.263 e. The maximum Gasteiger partial charge on any atom is 0.263 e. The van der Waals surface area contributed by atoms with Crippen LogP contribution in [-0.4, -0.2) is 19.3 Å². The van der Waals surface area contributed by atoms with E-state index in [1.54, 1.807) is 12.1 Å². The highest BCUT2D eigenvalue weighted by Gasteiger charge is 2.22. The molecule has 0 atom stereocenters. The minimum absolute atomic E-state index is 0.0366. The molecule has 1 aromatic carbocycles. The first-order chi connectivity index (χ1) is 12.0. The quantitative estimate of drug-likeness (QED) is 0.805. The number of aromatic nitrogens is 1. The van der Waals surface area contributed by atoms with Crippen molar-refractivity contribution < 1.29 is 13.2 Å². The van der Waals surface area contributed by atoms with E-state index in [9.17, 15) is 13.2 Å². The molecule has 132 valence electrons. The Morgan fingerprint density at radius 1 is 1.08 bits per heavy atom. The zero-order chi connectivity index (χ0) is 17.4. The number of sulfonamides is 1. The second kappa shape index (κ2) is 6.42. The molecule has 0 saturated carbocycles. The summed E-state index contributed by atoms with van der Waals surface area (Å²) in [6.45, 7) is 0. The molecule has 0 bridgehead atoms. The molecule has 8 heteroatoms. The van der Waals surface area contributed by atoms with Gasteiger partial charge in [-0.25, -0.2) is 13.4 Å². The van der Waals surface area contributed by atoms with Gasteiger partial charge in [-0.05, 0) is 55.9 Å². The van der Waals surface area contributed by atoms with E-state index in [1.807, 2.05) is 0 Å². The fourth-order valence-electron chi connectivity index (χ4n) is 3.27. The summed E-state index contributed by atoms with van der Waals surface area (Å²) in [4.78, 5) is 17.3. The molecule has 0 fully saturated rings. The van der Waals surface area contributed by atoms with Gasteiger partial charge in [0.15, 0.2) is 5.13 Å². The third-order valence-corrected chi connectivity index (χ3v) is 7.14. The van der Waals surface area contributed by atoms with Gasteiger partial charge in [0.25, 0.3) is 10.0 Å². The van der Waals surface area contributed by atoms with E-state index in [0.717, 1.165) is 36.9 Å². The van der Waals surface area contributed by atoms with Crippen molar-refractivity contribution in [3.63, 3.8) is 0 Å². The molecule has 2 aromatic rings. The number of nitrogens with one attached hydrogen (secondary N) is 2. The van der Waals surface area contributed by atoms with Gasteiger partial charge in [0.2, 0.25) is 5.91 Å². The number of benzene rings is 1. The van der Waals surface area contributed by atoms with Crippen LogP contribution in [0.1, 0.15) is 41.8 Å². The predicted molar refractivity (Wildman–Crippen MR) is 97.6 cm³/mol. The Balaban J connectivity index is 1.59. The highest BCUT2D eigenvalue weighted by molar-refractivity contribution is 7.93. The Bertz CT molecular complexity index is 911. The summed E-state index contributed by atoms with van der Waals surface area (Å²) in [6.07, 6.45) is 6.28. The van der Waals surface area contributed by atoms with Crippen LogP contribution in [0.25, 0.3) is 0 Å². The maximum atomic E-state index is 12.7. The molecular formula is C17H19N3O3S2. The SMILES string of the molecule is O=C1CCc2cc(S(=O)(=O)Nc3nc4c(s3)CCCCC4)ccc2N1. The number of fused-ring (bicyclic) bond motifs is 2. The first-order valence-electron chi connectivity index (χ1n) is 8.45. The van der Waals surface area contributed by atoms with Crippen LogP contribution in [0.2, 0.25) is 0 Å². The van der Waals surface area contributed by atoms with E-state index in [1.165, 1.54) is 28.7 Å². The summed E-state index contributed by atoms with van der Waals surface area (Å²) in [5.74, 6) is -0.0366. The fraction of sp³-hybridized carbons (Fsp3) is 0.412. The Morgan fingerprint density at radius 2 is 1.92 bits per heavy atom. The van der Waals surface area contributed by atoms with E-state index < -0.39 is 10.0 Å². The summed E-state index contributed by atoms with van der Waals surface area (Å²) in [7, 11) is -3.68. The third kappa shape index (κ3) is 3.41. The van der Waals surface area contributed by atoms with Gasteiger partial charge in [0.1, 0.15) is 0 Å². The average molecular weight is 377 g/mol. The standard InChI is InChI=1S/C17H19N3O3S2/c21-16-9-6-11-10-12(7-8-13(11)18-16)25(22,23)20-17-19-14-4-2-1-3-5-15(14)24-17/h7-8,10H,1-6,9H2,(H,18,21)(H,19,20). The number of hydrogen-bond donors (Lipinski definition) is 2. The molecule has 1 aliphatic heterocycles. The van der Waals surface area contributed by atoms with Crippen LogP contribution >= 0.6 is 11.3 Å². The number of carbonyl (C=O) groups is 1. The first kappa shape index (κ1) is 16.5. The largest absolute Gasteiger partial charge is 0.326 e. The van der Waals surface area contributed by atoms with Crippen molar-refractivity contribution in [1.82, 2.24) is 4.98 Å². The van der Waals surface area contributed by atoms with Gasteiger partial charge in [-0.1, -0.05) is 6.42 Å². The normalized spacial score (nSPS) is 17.2.